The second kappa shape index (κ2) is 7.64. The van der Waals surface area contributed by atoms with E-state index in [0.717, 1.165) is 12.0 Å². The molecule has 0 spiro atoms. The number of para-hydroxylation sites is 1. The number of carbonyl (C=O) groups is 1. The average Bonchev–Trinajstić information content (AvgIpc) is 2.68. The van der Waals surface area contributed by atoms with Crippen LogP contribution in [0.3, 0.4) is 0 Å². The van der Waals surface area contributed by atoms with Crippen LogP contribution in [-0.2, 0) is 6.42 Å². The molecule has 3 aromatic rings. The Hall–Kier alpha value is -3.11. The van der Waals surface area contributed by atoms with Crippen molar-refractivity contribution >= 4 is 17.2 Å². The summed E-state index contributed by atoms with van der Waals surface area (Å²) in [4.78, 5) is 12.9. The molecule has 3 aromatic carbocycles. The monoisotopic (exact) mass is 331 g/mol. The molecule has 0 heterocycles. The van der Waals surface area contributed by atoms with E-state index in [4.69, 9.17) is 0 Å². The first kappa shape index (κ1) is 16.7. The fourth-order valence-corrected chi connectivity index (χ4v) is 2.60. The Morgan fingerprint density at radius 3 is 2.24 bits per heavy atom. The van der Waals surface area contributed by atoms with Crippen LogP contribution in [-0.4, -0.2) is 5.78 Å². The fraction of sp³-hybridized carbons (Fsp3) is 0.0952. The van der Waals surface area contributed by atoms with Gasteiger partial charge in [-0.15, -0.1) is 0 Å². The molecule has 0 aliphatic carbocycles. The summed E-state index contributed by atoms with van der Waals surface area (Å²) in [5.41, 5.74) is 5.69. The molecular formula is C21H19N2O2-. The summed E-state index contributed by atoms with van der Waals surface area (Å²) in [5, 5.41) is 13.3. The minimum absolute atomic E-state index is 0.165. The van der Waals surface area contributed by atoms with Crippen LogP contribution in [0.15, 0.2) is 78.9 Å². The minimum Gasteiger partial charge on any atom is -0.739 e. The maximum Gasteiger partial charge on any atom is 0.195 e. The number of nitrogens with zero attached hydrogens (tertiary/aromatic N) is 1. The maximum atomic E-state index is 12.9. The van der Waals surface area contributed by atoms with Gasteiger partial charge in [-0.3, -0.25) is 4.79 Å². The molecule has 0 unspecified atom stereocenters. The van der Waals surface area contributed by atoms with Crippen LogP contribution in [0.2, 0.25) is 0 Å². The van der Waals surface area contributed by atoms with Crippen LogP contribution in [0.25, 0.3) is 0 Å². The Bertz CT molecular complexity index is 848. The third kappa shape index (κ3) is 3.87. The van der Waals surface area contributed by atoms with Crippen molar-refractivity contribution in [1.29, 1.82) is 0 Å². The molecule has 0 aliphatic rings. The highest BCUT2D eigenvalue weighted by atomic mass is 16.5. The zero-order chi connectivity index (χ0) is 17.6. The summed E-state index contributed by atoms with van der Waals surface area (Å²) < 4.78 is 0. The molecule has 0 saturated carbocycles. The topological polar surface area (TPSA) is 55.4 Å². The Labute approximate surface area is 147 Å². The van der Waals surface area contributed by atoms with Crippen molar-refractivity contribution in [2.24, 2.45) is 0 Å². The average molecular weight is 331 g/mol. The number of hydrogen-bond acceptors (Lipinski definition) is 4. The van der Waals surface area contributed by atoms with Crippen molar-refractivity contribution in [3.8, 4) is 0 Å². The lowest BCUT2D eigenvalue weighted by Crippen LogP contribution is -2.25. The van der Waals surface area contributed by atoms with Gasteiger partial charge in [-0.1, -0.05) is 61.5 Å². The summed E-state index contributed by atoms with van der Waals surface area (Å²) in [5.74, 6) is -0.165. The molecule has 0 bridgehead atoms. The van der Waals surface area contributed by atoms with Gasteiger partial charge in [0.25, 0.3) is 0 Å². The minimum atomic E-state index is -0.165. The van der Waals surface area contributed by atoms with Crippen molar-refractivity contribution < 1.29 is 4.79 Å². The van der Waals surface area contributed by atoms with Crippen LogP contribution in [0.4, 0.5) is 11.4 Å². The van der Waals surface area contributed by atoms with E-state index >= 15 is 0 Å². The van der Waals surface area contributed by atoms with E-state index < -0.39 is 0 Å². The highest BCUT2D eigenvalue weighted by molar-refractivity contribution is 6.12. The molecule has 0 fully saturated rings. The first-order valence-corrected chi connectivity index (χ1v) is 8.20. The number of hydrazine groups is 1. The van der Waals surface area contributed by atoms with E-state index in [0.29, 0.717) is 27.7 Å². The first-order valence-electron chi connectivity index (χ1n) is 8.20. The molecule has 1 N–H and O–H groups in total. The second-order valence-corrected chi connectivity index (χ2v) is 5.67. The number of anilines is 2. The van der Waals surface area contributed by atoms with Crippen molar-refractivity contribution in [2.45, 2.75) is 13.3 Å². The van der Waals surface area contributed by atoms with Gasteiger partial charge in [-0.25, -0.2) is 0 Å². The lowest BCUT2D eigenvalue weighted by Gasteiger charge is -2.33. The van der Waals surface area contributed by atoms with Crippen molar-refractivity contribution in [2.75, 3.05) is 10.6 Å². The second-order valence-electron chi connectivity index (χ2n) is 5.67. The zero-order valence-corrected chi connectivity index (χ0v) is 14.0. The van der Waals surface area contributed by atoms with E-state index in [9.17, 15) is 10.0 Å². The van der Waals surface area contributed by atoms with Gasteiger partial charge in [-0.2, -0.15) is 0 Å². The standard InChI is InChI=1S/C21H19N2O2/c1-2-16-13-14-20(23(25)22-18-11-7-4-8-12-18)19(15-16)21(24)17-9-5-3-6-10-17/h3-15,22H,2H2,1H3/q-1. The number of benzene rings is 3. The molecule has 0 radical (unpaired) electrons. The van der Waals surface area contributed by atoms with E-state index in [1.54, 1.807) is 36.4 Å². The third-order valence-electron chi connectivity index (χ3n) is 3.97. The van der Waals surface area contributed by atoms with Crippen LogP contribution < -0.4 is 10.6 Å². The quantitative estimate of drug-likeness (QED) is 0.520. The van der Waals surface area contributed by atoms with Crippen LogP contribution in [0.1, 0.15) is 28.4 Å². The van der Waals surface area contributed by atoms with Crippen molar-refractivity contribution in [1.82, 2.24) is 0 Å². The number of nitrogens with one attached hydrogen (secondary N) is 1. The largest absolute Gasteiger partial charge is 0.739 e. The van der Waals surface area contributed by atoms with E-state index in [-0.39, 0.29) is 5.78 Å². The molecule has 0 aliphatic heterocycles. The lowest BCUT2D eigenvalue weighted by atomic mass is 9.98. The molecule has 0 aromatic heterocycles. The zero-order valence-electron chi connectivity index (χ0n) is 14.0. The molecule has 126 valence electrons. The molecule has 0 atom stereocenters. The van der Waals surface area contributed by atoms with Gasteiger partial charge >= 0.3 is 0 Å². The summed E-state index contributed by atoms with van der Waals surface area (Å²) in [7, 11) is 0. The van der Waals surface area contributed by atoms with Crippen molar-refractivity contribution in [3.05, 3.63) is 101 Å². The normalized spacial score (nSPS) is 10.3. The van der Waals surface area contributed by atoms with Crippen LogP contribution in [0, 0.1) is 5.21 Å². The molecule has 0 saturated heterocycles. The number of hydrogen-bond donors (Lipinski definition) is 1. The highest BCUT2D eigenvalue weighted by Gasteiger charge is 2.15. The van der Waals surface area contributed by atoms with Crippen molar-refractivity contribution in [3.63, 3.8) is 0 Å². The maximum absolute atomic E-state index is 12.9. The van der Waals surface area contributed by atoms with E-state index in [1.165, 1.54) is 0 Å². The Morgan fingerprint density at radius 1 is 0.960 bits per heavy atom. The number of aryl methyl sites for hydroxylation is 1. The number of rotatable bonds is 6. The smallest absolute Gasteiger partial charge is 0.195 e. The molecular weight excluding hydrogens is 312 g/mol. The van der Waals surface area contributed by atoms with E-state index in [1.807, 2.05) is 49.4 Å². The lowest BCUT2D eigenvalue weighted by molar-refractivity contribution is 0.103. The Kier molecular flexibility index (Phi) is 5.11. The van der Waals surface area contributed by atoms with Crippen LogP contribution in [0.5, 0.6) is 0 Å². The highest BCUT2D eigenvalue weighted by Crippen LogP contribution is 2.25. The summed E-state index contributed by atoms with van der Waals surface area (Å²) in [6.07, 6.45) is 0.792. The van der Waals surface area contributed by atoms with Gasteiger partial charge < -0.3 is 15.8 Å². The van der Waals surface area contributed by atoms with Gasteiger partial charge in [0.1, 0.15) is 0 Å². The predicted octanol–water partition coefficient (Wildman–Crippen LogP) is 4.81. The third-order valence-corrected chi connectivity index (χ3v) is 3.97. The van der Waals surface area contributed by atoms with Gasteiger partial charge in [0.15, 0.2) is 5.78 Å². The Morgan fingerprint density at radius 2 is 1.60 bits per heavy atom. The van der Waals surface area contributed by atoms with E-state index in [2.05, 4.69) is 5.43 Å². The van der Waals surface area contributed by atoms with Gasteiger partial charge in [0, 0.05) is 11.1 Å². The summed E-state index contributed by atoms with van der Waals surface area (Å²) in [6.45, 7) is 2.02. The number of carbonyl (C=O) groups excluding carboxylic acids is 1. The molecule has 4 heteroatoms. The summed E-state index contributed by atoms with van der Waals surface area (Å²) in [6, 6.07) is 23.5. The van der Waals surface area contributed by atoms with Gasteiger partial charge in [0.2, 0.25) is 0 Å². The predicted molar refractivity (Wildman–Crippen MR) is 102 cm³/mol. The molecule has 25 heavy (non-hydrogen) atoms. The molecule has 4 nitrogen and oxygen atoms in total. The molecule has 3 rings (SSSR count). The Balaban J connectivity index is 1.97. The van der Waals surface area contributed by atoms with Gasteiger partial charge in [-0.05, 0) is 36.2 Å². The van der Waals surface area contributed by atoms with Crippen LogP contribution >= 0.6 is 0 Å². The SMILES string of the molecule is CCc1ccc(N([O-])Nc2ccccc2)c(C(=O)c2ccccc2)c1. The number of ketones is 1. The fourth-order valence-electron chi connectivity index (χ4n) is 2.60. The van der Waals surface area contributed by atoms with Gasteiger partial charge in [0.05, 0.1) is 11.4 Å². The summed E-state index contributed by atoms with van der Waals surface area (Å²) >= 11 is 0. The first-order chi connectivity index (χ1) is 12.2. The molecule has 0 amide bonds.